The quantitative estimate of drug-likeness (QED) is 0.771. The van der Waals surface area contributed by atoms with E-state index in [1.54, 1.807) is 6.92 Å². The lowest BCUT2D eigenvalue weighted by Crippen LogP contribution is -2.64. The van der Waals surface area contributed by atoms with Gasteiger partial charge < -0.3 is 10.2 Å². The number of benzene rings is 1. The molecule has 8 nitrogen and oxygen atoms in total. The second kappa shape index (κ2) is 7.41. The van der Waals surface area contributed by atoms with Crippen molar-refractivity contribution in [1.29, 1.82) is 0 Å². The van der Waals surface area contributed by atoms with Gasteiger partial charge in [-0.05, 0) is 32.0 Å². The van der Waals surface area contributed by atoms with Crippen LogP contribution >= 0.6 is 0 Å². The Kier molecular flexibility index (Phi) is 5.43. The van der Waals surface area contributed by atoms with Crippen LogP contribution in [0.25, 0.3) is 10.9 Å². The summed E-state index contributed by atoms with van der Waals surface area (Å²) in [5.41, 5.74) is 0.376. The Bertz CT molecular complexity index is 1040. The number of amides is 1. The molecule has 0 saturated carbocycles. The summed E-state index contributed by atoms with van der Waals surface area (Å²) in [4.78, 5) is 22.1. The summed E-state index contributed by atoms with van der Waals surface area (Å²) in [5, 5.41) is 3.43. The summed E-state index contributed by atoms with van der Waals surface area (Å²) in [7, 11) is -3.41. The molecule has 1 amide bonds. The zero-order valence-corrected chi connectivity index (χ0v) is 16.6. The maximum Gasteiger partial charge on any atom is 0.522 e. The summed E-state index contributed by atoms with van der Waals surface area (Å²) in [6.45, 7) is 2.89. The van der Waals surface area contributed by atoms with Gasteiger partial charge in [-0.1, -0.05) is 0 Å². The molecule has 0 radical (unpaired) electrons. The van der Waals surface area contributed by atoms with Crippen molar-refractivity contribution >= 4 is 32.5 Å². The van der Waals surface area contributed by atoms with Gasteiger partial charge in [0, 0.05) is 18.2 Å². The van der Waals surface area contributed by atoms with Crippen LogP contribution in [0.4, 0.5) is 19.0 Å². The van der Waals surface area contributed by atoms with Gasteiger partial charge >= 0.3 is 6.36 Å². The predicted octanol–water partition coefficient (Wildman–Crippen LogP) is 1.97. The van der Waals surface area contributed by atoms with Gasteiger partial charge in [-0.3, -0.25) is 9.53 Å². The van der Waals surface area contributed by atoms with E-state index in [9.17, 15) is 26.4 Å². The molecule has 29 heavy (non-hydrogen) atoms. The number of sulfone groups is 1. The van der Waals surface area contributed by atoms with Crippen LogP contribution in [0.1, 0.15) is 13.8 Å². The van der Waals surface area contributed by atoms with E-state index >= 15 is 0 Å². The second-order valence-electron chi connectivity index (χ2n) is 6.87. The number of anilines is 1. The van der Waals surface area contributed by atoms with Crippen LogP contribution in [0.15, 0.2) is 29.4 Å². The van der Waals surface area contributed by atoms with E-state index in [1.807, 2.05) is 0 Å². The molecule has 1 fully saturated rings. The summed E-state index contributed by atoms with van der Waals surface area (Å²) in [6, 6.07) is 2.85. The molecular weight excluding hydrogens is 413 g/mol. The Morgan fingerprint density at radius 1 is 1.34 bits per heavy atom. The van der Waals surface area contributed by atoms with E-state index in [0.717, 1.165) is 6.26 Å². The molecule has 3 rings (SSSR count). The lowest BCUT2D eigenvalue weighted by atomic mass is 9.99. The monoisotopic (exact) mass is 432 g/mol. The molecule has 1 aliphatic heterocycles. The fourth-order valence-electron chi connectivity index (χ4n) is 3.07. The van der Waals surface area contributed by atoms with Gasteiger partial charge in [0.2, 0.25) is 5.91 Å². The minimum atomic E-state index is -4.75. The average molecular weight is 432 g/mol. The molecule has 0 unspecified atom stereocenters. The molecule has 1 aliphatic rings. The number of fused-ring (bicyclic) bond motifs is 1. The number of aromatic nitrogens is 2. The fourth-order valence-corrected chi connectivity index (χ4v) is 3.71. The molecule has 1 N–H and O–H groups in total. The number of hydrogen-bond acceptors (Lipinski definition) is 7. The topological polar surface area (TPSA) is 101 Å². The normalized spacial score (nSPS) is 21.0. The van der Waals surface area contributed by atoms with Gasteiger partial charge in [-0.15, -0.1) is 13.2 Å². The van der Waals surface area contributed by atoms with E-state index in [-0.39, 0.29) is 11.4 Å². The zero-order valence-electron chi connectivity index (χ0n) is 15.8. The van der Waals surface area contributed by atoms with Gasteiger partial charge in [0.05, 0.1) is 16.5 Å². The number of carbonyl (C=O) groups is 1. The minimum Gasteiger partial charge on any atom is -0.358 e. The number of ether oxygens (including phenoxy) is 1. The van der Waals surface area contributed by atoms with Gasteiger partial charge in [0.15, 0.2) is 9.84 Å². The van der Waals surface area contributed by atoms with E-state index < -0.39 is 40.3 Å². The fraction of sp³-hybridized carbons (Fsp3) is 0.471. The van der Waals surface area contributed by atoms with E-state index in [2.05, 4.69) is 20.0 Å². The zero-order chi connectivity index (χ0) is 21.6. The van der Waals surface area contributed by atoms with Gasteiger partial charge in [-0.2, -0.15) is 0 Å². The summed E-state index contributed by atoms with van der Waals surface area (Å²) in [5.74, 6) is -0.0915. The smallest absolute Gasteiger partial charge is 0.358 e. The van der Waals surface area contributed by atoms with E-state index in [4.69, 9.17) is 0 Å². The van der Waals surface area contributed by atoms with Crippen LogP contribution in [0.2, 0.25) is 0 Å². The van der Waals surface area contributed by atoms with Crippen LogP contribution in [-0.4, -0.2) is 66.5 Å². The highest BCUT2D eigenvalue weighted by Crippen LogP contribution is 2.29. The van der Waals surface area contributed by atoms with E-state index in [1.165, 1.54) is 36.4 Å². The number of rotatable bonds is 5. The maximum absolute atomic E-state index is 12.6. The molecular formula is C17H19F3N4O4S. The number of hydrogen-bond donors (Lipinski definition) is 1. The Labute approximate surface area is 165 Å². The minimum absolute atomic E-state index is 0.101. The van der Waals surface area contributed by atoms with Crippen molar-refractivity contribution in [2.45, 2.75) is 43.3 Å². The molecule has 1 saturated heterocycles. The highest BCUT2D eigenvalue weighted by molar-refractivity contribution is 7.90. The summed E-state index contributed by atoms with van der Waals surface area (Å²) < 4.78 is 64.4. The van der Waals surface area contributed by atoms with Crippen LogP contribution in [0.3, 0.4) is 0 Å². The van der Waals surface area contributed by atoms with Crippen molar-refractivity contribution in [3.05, 3.63) is 24.5 Å². The third-order valence-electron chi connectivity index (χ3n) is 4.73. The Hall–Kier alpha value is -2.47. The molecule has 1 aromatic carbocycles. The SMILES string of the molecule is C[C@@H](Nc1ncnc2cc(S(C)(=O)=O)ccc12)C(=O)N1C[C@H](OC(F)(F)F)[C@@H]1C. The van der Waals surface area contributed by atoms with Gasteiger partial charge in [0.25, 0.3) is 0 Å². The number of alkyl halides is 3. The van der Waals surface area contributed by atoms with Crippen molar-refractivity contribution in [3.8, 4) is 0 Å². The Balaban J connectivity index is 1.73. The third kappa shape index (κ3) is 4.58. The largest absolute Gasteiger partial charge is 0.522 e. The van der Waals surface area contributed by atoms with Crippen molar-refractivity contribution in [3.63, 3.8) is 0 Å². The van der Waals surface area contributed by atoms with Gasteiger partial charge in [-0.25, -0.2) is 18.4 Å². The van der Waals surface area contributed by atoms with Crippen molar-refractivity contribution in [1.82, 2.24) is 14.9 Å². The molecule has 0 spiro atoms. The van der Waals surface area contributed by atoms with Crippen LogP contribution in [-0.2, 0) is 19.4 Å². The number of nitrogens with zero attached hydrogens (tertiary/aromatic N) is 3. The summed E-state index contributed by atoms with van der Waals surface area (Å²) >= 11 is 0. The standard InChI is InChI=1S/C17H19F3N4O4S/c1-9(16(25)24-7-14(10(24)2)28-17(18,19)20)23-15-12-5-4-11(29(3,26)27)6-13(12)21-8-22-15/h4-6,8-10,14H,7H2,1-3H3,(H,21,22,23)/t9-,10+,14+/m1/s1. The van der Waals surface area contributed by atoms with Crippen molar-refractivity contribution < 1.29 is 31.1 Å². The van der Waals surface area contributed by atoms with Crippen molar-refractivity contribution in [2.75, 3.05) is 18.1 Å². The van der Waals surface area contributed by atoms with Crippen LogP contribution in [0, 0.1) is 0 Å². The first-order valence-electron chi connectivity index (χ1n) is 8.63. The number of nitrogens with one attached hydrogen (secondary N) is 1. The molecule has 2 aromatic rings. The maximum atomic E-state index is 12.6. The number of likely N-dealkylation sites (tertiary alicyclic amines) is 1. The highest BCUT2D eigenvalue weighted by atomic mass is 32.2. The first kappa shape index (κ1) is 21.2. The Morgan fingerprint density at radius 2 is 2.03 bits per heavy atom. The Morgan fingerprint density at radius 3 is 2.62 bits per heavy atom. The molecule has 2 heterocycles. The predicted molar refractivity (Wildman–Crippen MR) is 97.8 cm³/mol. The molecule has 1 aromatic heterocycles. The second-order valence-corrected chi connectivity index (χ2v) is 8.89. The number of carbonyl (C=O) groups excluding carboxylic acids is 1. The number of halogens is 3. The first-order chi connectivity index (χ1) is 13.4. The molecule has 158 valence electrons. The molecule has 12 heteroatoms. The van der Waals surface area contributed by atoms with Crippen LogP contribution < -0.4 is 5.32 Å². The molecule has 0 bridgehead atoms. The van der Waals surface area contributed by atoms with Crippen LogP contribution in [0.5, 0.6) is 0 Å². The molecule has 3 atom stereocenters. The lowest BCUT2D eigenvalue weighted by Gasteiger charge is -2.46. The van der Waals surface area contributed by atoms with Crippen molar-refractivity contribution in [2.24, 2.45) is 0 Å². The van der Waals surface area contributed by atoms with E-state index in [0.29, 0.717) is 16.7 Å². The highest BCUT2D eigenvalue weighted by Gasteiger charge is 2.46. The molecule has 0 aliphatic carbocycles. The third-order valence-corrected chi connectivity index (χ3v) is 5.84. The average Bonchev–Trinajstić information content (AvgIpc) is 2.62. The van der Waals surface area contributed by atoms with Gasteiger partial charge in [0.1, 0.15) is 24.3 Å². The summed E-state index contributed by atoms with van der Waals surface area (Å²) in [6.07, 6.45) is -3.53. The lowest BCUT2D eigenvalue weighted by molar-refractivity contribution is -0.359. The first-order valence-corrected chi connectivity index (χ1v) is 10.5.